The van der Waals surface area contributed by atoms with Crippen molar-refractivity contribution in [2.75, 3.05) is 31.6 Å². The van der Waals surface area contributed by atoms with Crippen molar-refractivity contribution in [1.29, 1.82) is 0 Å². The van der Waals surface area contributed by atoms with E-state index < -0.39 is 46.7 Å². The van der Waals surface area contributed by atoms with Crippen molar-refractivity contribution in [2.45, 2.75) is 31.0 Å². The van der Waals surface area contributed by atoms with Crippen molar-refractivity contribution in [2.24, 2.45) is 0 Å². The Labute approximate surface area is 266 Å². The Morgan fingerprint density at radius 2 is 1.49 bits per heavy atom. The zero-order valence-electron chi connectivity index (χ0n) is 20.6. The lowest BCUT2D eigenvalue weighted by Crippen LogP contribution is -2.36. The molecule has 2 unspecified atom stereocenters. The first-order chi connectivity index (χ1) is 18.2. The first-order valence-electron chi connectivity index (χ1n) is 11.2. The lowest BCUT2D eigenvalue weighted by Gasteiger charge is -2.21. The number of rotatable bonds is 12. The van der Waals surface area contributed by atoms with Crippen LogP contribution < -0.4 is 16.0 Å². The Bertz CT molecular complexity index is 1340. The van der Waals surface area contributed by atoms with Crippen molar-refractivity contribution in [3.05, 3.63) is 51.7 Å². The monoisotopic (exact) mass is 901 g/mol. The maximum absolute atomic E-state index is 13.0. The number of carbonyl (C=O) groups is 3. The summed E-state index contributed by atoms with van der Waals surface area (Å²) >= 11 is 5.44. The fourth-order valence-corrected chi connectivity index (χ4v) is 8.48. The van der Waals surface area contributed by atoms with E-state index in [2.05, 4.69) is 16.0 Å². The third-order valence-corrected chi connectivity index (χ3v) is 9.70. The minimum absolute atomic E-state index is 0.00653. The van der Waals surface area contributed by atoms with Gasteiger partial charge in [0.15, 0.2) is 6.10 Å². The zero-order valence-corrected chi connectivity index (χ0v) is 27.9. The van der Waals surface area contributed by atoms with Gasteiger partial charge in [0, 0.05) is 16.7 Å². The van der Waals surface area contributed by atoms with Gasteiger partial charge >= 0.3 is 0 Å². The first-order valence-corrected chi connectivity index (χ1v) is 15.9. The maximum Gasteiger partial charge on any atom is 0.297 e. The predicted octanol–water partition coefficient (Wildman–Crippen LogP) is 1.35. The van der Waals surface area contributed by atoms with Crippen LogP contribution in [0.3, 0.4) is 0 Å². The summed E-state index contributed by atoms with van der Waals surface area (Å²) in [7, 11) is -4.27. The van der Waals surface area contributed by atoms with Gasteiger partial charge in [-0.2, -0.15) is 8.42 Å². The second-order valence-corrected chi connectivity index (χ2v) is 12.9. The Balaban J connectivity index is 2.47. The number of carbonyl (C=O) groups excluding carboxylic acids is 3. The largest absolute Gasteiger partial charge is 0.395 e. The summed E-state index contributed by atoms with van der Waals surface area (Å²) < 4.78 is 31.1. The number of amides is 3. The molecule has 2 aromatic carbocycles. The molecule has 0 saturated carbocycles. The normalized spacial score (nSPS) is 12.9. The number of hydrogen-bond acceptors (Lipinski definition) is 9. The molecular weight excluding hydrogens is 875 g/mol. The highest BCUT2D eigenvalue weighted by molar-refractivity contribution is 14.1. The third kappa shape index (κ3) is 8.91. The summed E-state index contributed by atoms with van der Waals surface area (Å²) in [4.78, 5) is 38.9. The number of aryl methyl sites for hydroxylation is 1. The van der Waals surface area contributed by atoms with Crippen LogP contribution in [0.15, 0.2) is 29.2 Å². The molecule has 2 rings (SSSR count). The predicted molar refractivity (Wildman–Crippen MR) is 167 cm³/mol. The van der Waals surface area contributed by atoms with E-state index in [9.17, 15) is 27.9 Å². The second-order valence-electron chi connectivity index (χ2n) is 8.09. The standard InChI is InChI=1S/C23H26I3N3O9S/c1-11-3-5-14(6-4-11)39(36,37)38-12(2)21(33)29-20-18(25)15(22(34)27-7-8-30)17(24)16(19(20)26)23(35)28-9-13(32)10-31/h3-6,12-13,30-32H,7-10H2,1-2H3,(H,27,34)(H,28,35)(H,29,33). The molecule has 0 aliphatic heterocycles. The third-order valence-electron chi connectivity index (χ3n) is 5.08. The average Bonchev–Trinajstić information content (AvgIpc) is 2.88. The summed E-state index contributed by atoms with van der Waals surface area (Å²) in [5.74, 6) is -2.17. The summed E-state index contributed by atoms with van der Waals surface area (Å²) in [5.41, 5.74) is 0.945. The van der Waals surface area contributed by atoms with Crippen molar-refractivity contribution in [3.63, 3.8) is 0 Å². The Morgan fingerprint density at radius 1 is 0.949 bits per heavy atom. The molecule has 3 amide bonds. The molecule has 2 atom stereocenters. The quantitative estimate of drug-likeness (QED) is 0.135. The van der Waals surface area contributed by atoms with Gasteiger partial charge in [-0.25, -0.2) is 0 Å². The van der Waals surface area contributed by atoms with Crippen LogP contribution in [0.2, 0.25) is 0 Å². The number of nitrogens with one attached hydrogen (secondary N) is 3. The molecule has 6 N–H and O–H groups in total. The van der Waals surface area contributed by atoms with Crippen molar-refractivity contribution in [3.8, 4) is 0 Å². The van der Waals surface area contributed by atoms with E-state index in [0.29, 0.717) is 0 Å². The molecule has 16 heteroatoms. The number of benzene rings is 2. The van der Waals surface area contributed by atoms with E-state index in [1.165, 1.54) is 19.1 Å². The van der Waals surface area contributed by atoms with E-state index in [1.54, 1.807) is 19.1 Å². The highest BCUT2D eigenvalue weighted by Crippen LogP contribution is 2.36. The summed E-state index contributed by atoms with van der Waals surface area (Å²) in [5, 5.41) is 35.3. The van der Waals surface area contributed by atoms with Gasteiger partial charge in [0.05, 0.1) is 48.2 Å². The summed E-state index contributed by atoms with van der Waals surface area (Å²) in [6.07, 6.45) is -2.70. The van der Waals surface area contributed by atoms with Crippen molar-refractivity contribution in [1.82, 2.24) is 10.6 Å². The molecular formula is C23H26I3N3O9S. The van der Waals surface area contributed by atoms with Gasteiger partial charge in [-0.3, -0.25) is 18.6 Å². The molecule has 214 valence electrons. The minimum Gasteiger partial charge on any atom is -0.395 e. The maximum atomic E-state index is 13.0. The molecule has 39 heavy (non-hydrogen) atoms. The van der Waals surface area contributed by atoms with Crippen LogP contribution in [0.4, 0.5) is 5.69 Å². The number of aliphatic hydroxyl groups excluding tert-OH is 3. The fourth-order valence-electron chi connectivity index (χ4n) is 3.01. The van der Waals surface area contributed by atoms with Gasteiger partial charge < -0.3 is 31.3 Å². The molecule has 12 nitrogen and oxygen atoms in total. The van der Waals surface area contributed by atoms with Crippen LogP contribution in [0.1, 0.15) is 33.2 Å². The van der Waals surface area contributed by atoms with Gasteiger partial charge in [-0.05, 0) is 93.8 Å². The van der Waals surface area contributed by atoms with Gasteiger partial charge in [-0.1, -0.05) is 17.7 Å². The highest BCUT2D eigenvalue weighted by Gasteiger charge is 2.31. The van der Waals surface area contributed by atoms with Crippen LogP contribution in [-0.2, 0) is 19.1 Å². The second kappa shape index (κ2) is 15.2. The highest BCUT2D eigenvalue weighted by atomic mass is 127. The Hall–Kier alpha value is -1.17. The van der Waals surface area contributed by atoms with Gasteiger partial charge in [0.1, 0.15) is 0 Å². The van der Waals surface area contributed by atoms with Gasteiger partial charge in [0.25, 0.3) is 27.8 Å². The van der Waals surface area contributed by atoms with E-state index in [0.717, 1.165) is 5.56 Å². The first kappa shape index (κ1) is 34.0. The molecule has 0 heterocycles. The van der Waals surface area contributed by atoms with Crippen molar-refractivity contribution >= 4 is 101 Å². The SMILES string of the molecule is Cc1ccc(S(=O)(=O)OC(C)C(=O)Nc2c(I)c(C(=O)NCCO)c(I)c(C(=O)NCC(O)CO)c2I)cc1. The topological polar surface area (TPSA) is 191 Å². The Morgan fingerprint density at radius 3 is 2.00 bits per heavy atom. The molecule has 0 aromatic heterocycles. The van der Waals surface area contributed by atoms with Crippen LogP contribution >= 0.6 is 67.8 Å². The fraction of sp³-hybridized carbons (Fsp3) is 0.348. The van der Waals surface area contributed by atoms with E-state index in [1.807, 2.05) is 67.8 Å². The van der Waals surface area contributed by atoms with Gasteiger partial charge in [-0.15, -0.1) is 0 Å². The molecule has 0 bridgehead atoms. The minimum atomic E-state index is -4.27. The summed E-state index contributed by atoms with van der Waals surface area (Å²) in [6.45, 7) is 1.78. The average molecular weight is 901 g/mol. The number of hydrogen-bond donors (Lipinski definition) is 6. The number of halogens is 3. The molecule has 0 saturated heterocycles. The van der Waals surface area contributed by atoms with Crippen LogP contribution in [0.5, 0.6) is 0 Å². The number of anilines is 1. The molecule has 0 aliphatic carbocycles. The summed E-state index contributed by atoms with van der Waals surface area (Å²) in [6, 6.07) is 5.89. The Kier molecular flexibility index (Phi) is 13.2. The van der Waals surface area contributed by atoms with Crippen LogP contribution in [0.25, 0.3) is 0 Å². The van der Waals surface area contributed by atoms with E-state index >= 15 is 0 Å². The van der Waals surface area contributed by atoms with E-state index in [-0.39, 0.29) is 52.1 Å². The zero-order chi connectivity index (χ0) is 29.5. The molecule has 0 spiro atoms. The lowest BCUT2D eigenvalue weighted by molar-refractivity contribution is -0.121. The van der Waals surface area contributed by atoms with E-state index in [4.69, 9.17) is 14.4 Å². The van der Waals surface area contributed by atoms with Gasteiger partial charge in [0.2, 0.25) is 0 Å². The molecule has 0 fully saturated rings. The van der Waals surface area contributed by atoms with Crippen LogP contribution in [-0.4, -0.2) is 80.0 Å². The van der Waals surface area contributed by atoms with Crippen LogP contribution in [0, 0.1) is 17.6 Å². The molecule has 0 aliphatic rings. The lowest BCUT2D eigenvalue weighted by atomic mass is 10.1. The smallest absolute Gasteiger partial charge is 0.297 e. The molecule has 0 radical (unpaired) electrons. The molecule has 2 aromatic rings. The van der Waals surface area contributed by atoms with Crippen molar-refractivity contribution < 1.29 is 42.3 Å². The number of aliphatic hydroxyl groups is 3.